The number of hydrogen-bond donors (Lipinski definition) is 2. The van der Waals surface area contributed by atoms with Crippen molar-refractivity contribution in [3.05, 3.63) is 48.6 Å². The Morgan fingerprint density at radius 3 is 1.83 bits per heavy atom. The van der Waals surface area contributed by atoms with E-state index in [4.69, 9.17) is 29.0 Å². The molecule has 0 spiro atoms. The fraction of sp³-hybridized carbons (Fsp3) is 0.756. The highest BCUT2D eigenvalue weighted by Gasteiger charge is 2.36. The first-order chi connectivity index (χ1) is 25.3. The van der Waals surface area contributed by atoms with E-state index in [1.165, 1.54) is 64.2 Å². The van der Waals surface area contributed by atoms with Crippen LogP contribution >= 0.6 is 7.82 Å². The monoisotopic (exact) mass is 753 g/mol. The largest absolute Gasteiger partial charge is 0.472 e. The number of unbranched alkanes of at least 4 members (excludes halogenated alkanes) is 13. The molecule has 52 heavy (non-hydrogen) atoms. The Morgan fingerprint density at radius 2 is 1.23 bits per heavy atom. The normalized spacial score (nSPS) is 17.8. The minimum absolute atomic E-state index is 0.0415. The van der Waals surface area contributed by atoms with Crippen LogP contribution in [0.4, 0.5) is 0 Å². The van der Waals surface area contributed by atoms with Crippen molar-refractivity contribution in [2.75, 3.05) is 26.4 Å². The molecule has 0 amide bonds. The zero-order valence-corrected chi connectivity index (χ0v) is 33.4. The quantitative estimate of drug-likeness (QED) is 0.0208. The van der Waals surface area contributed by atoms with E-state index < -0.39 is 32.5 Å². The highest BCUT2D eigenvalue weighted by molar-refractivity contribution is 7.47. The number of carbonyl (C=O) groups excluding carboxylic acids is 2. The van der Waals surface area contributed by atoms with Gasteiger partial charge in [-0.05, 0) is 51.4 Å². The van der Waals surface area contributed by atoms with Crippen molar-refractivity contribution in [2.24, 2.45) is 5.73 Å². The molecule has 1 saturated heterocycles. The molecule has 0 aliphatic carbocycles. The van der Waals surface area contributed by atoms with E-state index in [-0.39, 0.29) is 32.6 Å². The first-order valence-corrected chi connectivity index (χ1v) is 21.7. The molecule has 1 aliphatic rings. The van der Waals surface area contributed by atoms with Crippen molar-refractivity contribution in [3.63, 3.8) is 0 Å². The maximum Gasteiger partial charge on any atom is 0.472 e. The van der Waals surface area contributed by atoms with Crippen molar-refractivity contribution in [1.29, 1.82) is 0 Å². The van der Waals surface area contributed by atoms with Crippen molar-refractivity contribution in [1.82, 2.24) is 0 Å². The Bertz CT molecular complexity index is 1060. The molecule has 11 heteroatoms. The number of hydrogen-bond acceptors (Lipinski definition) is 9. The number of rotatable bonds is 36. The van der Waals surface area contributed by atoms with Gasteiger partial charge in [-0.3, -0.25) is 18.6 Å². The van der Waals surface area contributed by atoms with Crippen LogP contribution in [0.5, 0.6) is 0 Å². The van der Waals surface area contributed by atoms with E-state index in [9.17, 15) is 19.0 Å². The molecule has 300 valence electrons. The van der Waals surface area contributed by atoms with Gasteiger partial charge in [0, 0.05) is 19.4 Å². The van der Waals surface area contributed by atoms with E-state index in [1.54, 1.807) is 0 Å². The van der Waals surface area contributed by atoms with Crippen LogP contribution in [0.2, 0.25) is 0 Å². The minimum Gasteiger partial charge on any atom is -0.462 e. The molecule has 0 saturated carbocycles. The van der Waals surface area contributed by atoms with Crippen molar-refractivity contribution < 1.29 is 42.3 Å². The van der Waals surface area contributed by atoms with Gasteiger partial charge in [0.15, 0.2) is 6.10 Å². The fourth-order valence-corrected chi connectivity index (χ4v) is 6.30. The molecule has 4 unspecified atom stereocenters. The van der Waals surface area contributed by atoms with E-state index in [1.807, 2.05) is 6.08 Å². The first kappa shape index (κ1) is 48.0. The molecule has 0 aromatic rings. The fourth-order valence-electron chi connectivity index (χ4n) is 5.53. The maximum atomic E-state index is 12.5. The van der Waals surface area contributed by atoms with Gasteiger partial charge in [0.05, 0.1) is 25.4 Å². The summed E-state index contributed by atoms with van der Waals surface area (Å²) >= 11 is 0. The molecule has 0 aromatic heterocycles. The molecule has 1 fully saturated rings. The number of phosphoric ester groups is 1. The third-order valence-corrected chi connectivity index (χ3v) is 9.62. The predicted molar refractivity (Wildman–Crippen MR) is 210 cm³/mol. The molecule has 1 rings (SSSR count). The van der Waals surface area contributed by atoms with Crippen molar-refractivity contribution in [3.8, 4) is 0 Å². The van der Waals surface area contributed by atoms with Gasteiger partial charge in [-0.2, -0.15) is 0 Å². The molecule has 4 atom stereocenters. The minimum atomic E-state index is -4.39. The predicted octanol–water partition coefficient (Wildman–Crippen LogP) is 10.1. The van der Waals surface area contributed by atoms with Gasteiger partial charge < -0.3 is 24.8 Å². The number of phosphoric acid groups is 1. The third-order valence-electron chi connectivity index (χ3n) is 8.63. The Kier molecular flexibility index (Phi) is 30.9. The van der Waals surface area contributed by atoms with E-state index >= 15 is 0 Å². The standard InChI is InChI=1S/C41H72NO9P/c1-3-5-7-8-9-10-11-12-13-17-20-23-27-31-40(43)47-35-37(36-49-52(45,46)48-34-33-42)50-41(44)32-28-24-21-18-15-14-16-19-22-26-30-39-38(51-39)29-25-6-4-2/h6,14,16,18,21-22,25-26,37-39H,3-5,7-13,15,17,19-20,23-24,27-36,42H2,1-2H3,(H,45,46). The van der Waals surface area contributed by atoms with Crippen LogP contribution in [0.1, 0.15) is 155 Å². The second kappa shape index (κ2) is 33.5. The van der Waals surface area contributed by atoms with Crippen LogP contribution in [0.25, 0.3) is 0 Å². The average Bonchev–Trinajstić information content (AvgIpc) is 3.88. The third kappa shape index (κ3) is 30.4. The summed E-state index contributed by atoms with van der Waals surface area (Å²) in [5.41, 5.74) is 5.33. The van der Waals surface area contributed by atoms with Gasteiger partial charge in [0.1, 0.15) is 6.61 Å². The number of carbonyl (C=O) groups is 2. The lowest BCUT2D eigenvalue weighted by molar-refractivity contribution is -0.161. The molecular formula is C41H72NO9P. The van der Waals surface area contributed by atoms with Crippen LogP contribution < -0.4 is 5.73 Å². The van der Waals surface area contributed by atoms with Crippen LogP contribution in [-0.2, 0) is 37.4 Å². The molecular weight excluding hydrogens is 681 g/mol. The van der Waals surface area contributed by atoms with Gasteiger partial charge in [-0.25, -0.2) is 4.57 Å². The molecule has 1 aliphatic heterocycles. The molecule has 3 N–H and O–H groups in total. The van der Waals surface area contributed by atoms with Crippen molar-refractivity contribution >= 4 is 19.8 Å². The number of ether oxygens (including phenoxy) is 3. The second-order valence-corrected chi connectivity index (χ2v) is 15.0. The zero-order valence-electron chi connectivity index (χ0n) is 32.5. The average molecular weight is 754 g/mol. The summed E-state index contributed by atoms with van der Waals surface area (Å²) in [6.07, 6.45) is 39.0. The molecule has 0 aromatic carbocycles. The van der Waals surface area contributed by atoms with Crippen LogP contribution in [0, 0.1) is 0 Å². The number of nitrogens with two attached hydrogens (primary N) is 1. The summed E-state index contributed by atoms with van der Waals surface area (Å²) in [5, 5.41) is 0. The molecule has 10 nitrogen and oxygen atoms in total. The van der Waals surface area contributed by atoms with Gasteiger partial charge in [0.25, 0.3) is 0 Å². The summed E-state index contributed by atoms with van der Waals surface area (Å²) in [5.74, 6) is -0.903. The molecule has 1 heterocycles. The summed E-state index contributed by atoms with van der Waals surface area (Å²) in [7, 11) is -4.39. The number of allylic oxidation sites excluding steroid dienone is 6. The van der Waals surface area contributed by atoms with Gasteiger partial charge in [-0.15, -0.1) is 0 Å². The lowest BCUT2D eigenvalue weighted by atomic mass is 10.0. The summed E-state index contributed by atoms with van der Waals surface area (Å²) < 4.78 is 38.3. The lowest BCUT2D eigenvalue weighted by Crippen LogP contribution is -2.29. The topological polar surface area (TPSA) is 147 Å². The second-order valence-electron chi connectivity index (χ2n) is 13.5. The van der Waals surface area contributed by atoms with Gasteiger partial charge in [0.2, 0.25) is 0 Å². The zero-order chi connectivity index (χ0) is 38.0. The van der Waals surface area contributed by atoms with Crippen molar-refractivity contribution in [2.45, 2.75) is 173 Å². The Balaban J connectivity index is 2.24. The smallest absolute Gasteiger partial charge is 0.462 e. The first-order valence-electron chi connectivity index (χ1n) is 20.2. The Labute approximate surface area is 315 Å². The highest BCUT2D eigenvalue weighted by atomic mass is 31.2. The summed E-state index contributed by atoms with van der Waals surface area (Å²) in [6.45, 7) is 3.53. The van der Waals surface area contributed by atoms with E-state index in [0.29, 0.717) is 25.0 Å². The summed E-state index contributed by atoms with van der Waals surface area (Å²) in [4.78, 5) is 34.8. The Hall–Kier alpha value is -2.07. The van der Waals surface area contributed by atoms with E-state index in [0.717, 1.165) is 51.4 Å². The highest BCUT2D eigenvalue weighted by Crippen LogP contribution is 2.43. The van der Waals surface area contributed by atoms with Crippen LogP contribution in [0.3, 0.4) is 0 Å². The lowest BCUT2D eigenvalue weighted by Gasteiger charge is -2.19. The van der Waals surface area contributed by atoms with E-state index in [2.05, 4.69) is 56.4 Å². The SMILES string of the molecule is CCC=CCC1OC1CC=CCC=CCC=CCCCC(=O)OC(COC(=O)CCCCCCCCCCCCCCC)COP(=O)(O)OCCN. The van der Waals surface area contributed by atoms with Gasteiger partial charge in [-0.1, -0.05) is 140 Å². The summed E-state index contributed by atoms with van der Waals surface area (Å²) in [6, 6.07) is 0. The molecule has 0 radical (unpaired) electrons. The number of esters is 2. The van der Waals surface area contributed by atoms with Crippen LogP contribution in [-0.4, -0.2) is 61.5 Å². The van der Waals surface area contributed by atoms with Gasteiger partial charge >= 0.3 is 19.8 Å². The number of epoxide rings is 1. The Morgan fingerprint density at radius 1 is 0.692 bits per heavy atom. The molecule has 0 bridgehead atoms. The maximum absolute atomic E-state index is 12.5. The van der Waals surface area contributed by atoms with Crippen LogP contribution in [0.15, 0.2) is 48.6 Å².